The molecule has 0 atom stereocenters. The average molecular weight is 1310 g/mol. The minimum Gasteiger partial charge on any atom is -0.443 e. The summed E-state index contributed by atoms with van der Waals surface area (Å²) < 4.78 is 11.7. The van der Waals surface area contributed by atoms with Crippen molar-refractivity contribution in [3.63, 3.8) is 0 Å². The fourth-order valence-corrected chi connectivity index (χ4v) is 9.17. The zero-order valence-corrected chi connectivity index (χ0v) is 53.4. The van der Waals surface area contributed by atoms with Gasteiger partial charge in [-0.05, 0) is 90.5 Å². The Morgan fingerprint density at radius 3 is 1.88 bits per heavy atom. The van der Waals surface area contributed by atoms with Crippen LogP contribution in [0, 0.1) is 0 Å². The smallest absolute Gasteiger partial charge is 0.181 e. The van der Waals surface area contributed by atoms with Crippen LogP contribution in [0.5, 0.6) is 0 Å². The highest BCUT2D eigenvalue weighted by atomic mass is 32.1. The Kier molecular flexibility index (Phi) is 26.9. The molecule has 16 aromatic rings. The van der Waals surface area contributed by atoms with Gasteiger partial charge in [0.15, 0.2) is 29.3 Å². The Morgan fingerprint density at radius 2 is 1.12 bits per heavy atom. The lowest BCUT2D eigenvalue weighted by molar-refractivity contribution is 0.602. The number of hydrogen-bond acceptors (Lipinski definition) is 23. The third kappa shape index (κ3) is 22.4. The summed E-state index contributed by atoms with van der Waals surface area (Å²) in [5.41, 5.74) is 14.4. The van der Waals surface area contributed by atoms with Crippen LogP contribution in [0.3, 0.4) is 0 Å². The maximum Gasteiger partial charge on any atom is 0.181 e. The van der Waals surface area contributed by atoms with Gasteiger partial charge in [0.1, 0.15) is 30.1 Å². The van der Waals surface area contributed by atoms with Crippen molar-refractivity contribution in [2.75, 3.05) is 0 Å². The van der Waals surface area contributed by atoms with E-state index in [4.69, 9.17) is 4.42 Å². The molecular formula is C72H62N24OS. The van der Waals surface area contributed by atoms with Crippen molar-refractivity contribution in [2.45, 2.75) is 32.1 Å². The van der Waals surface area contributed by atoms with Crippen molar-refractivity contribution >= 4 is 104 Å². The number of pyridine rings is 2. The number of imidazole rings is 1. The van der Waals surface area contributed by atoms with Crippen molar-refractivity contribution < 1.29 is 4.42 Å². The van der Waals surface area contributed by atoms with Crippen LogP contribution in [-0.4, -0.2) is 124 Å². The number of nitrogens with zero attached hydrogens (tertiary/aromatic N) is 24. The van der Waals surface area contributed by atoms with Crippen LogP contribution < -0.4 is 0 Å². The topological polar surface area (TPSA) is 294 Å². The van der Waals surface area contributed by atoms with E-state index in [1.54, 1.807) is 127 Å². The molecule has 0 spiro atoms. The van der Waals surface area contributed by atoms with Crippen LogP contribution in [0.4, 0.5) is 23.0 Å². The first-order valence-electron chi connectivity index (χ1n) is 30.4. The molecule has 0 bridgehead atoms. The Balaban J connectivity index is 0.000000116. The van der Waals surface area contributed by atoms with Gasteiger partial charge in [0.25, 0.3) is 0 Å². The second-order valence-corrected chi connectivity index (χ2v) is 20.6. The first-order valence-corrected chi connectivity index (χ1v) is 31.3. The van der Waals surface area contributed by atoms with Crippen molar-refractivity contribution in [3.8, 4) is 0 Å². The molecule has 482 valence electrons. The molecular weight excluding hydrogens is 1250 g/mol. The largest absolute Gasteiger partial charge is 0.443 e. The summed E-state index contributed by atoms with van der Waals surface area (Å²) in [4.78, 5) is 75.0. The standard InChI is InChI=1S/C8H7N.2C7H6N2.C7H5NO.C7H5NS.4C6H5N3.2C4H4N2.C4H5N/c1-2-4-8-7(3-1)5-6-9-8;1-2-6-7(8-4-1)3-5-9-6;1-2-6-9-7(3-1)4-5-8-9;2*1-2-4-7-6(3-1)8-5-9-7;1-2-8-6-5(1)3-7-4-9-6;1-2-7-5-9-4-3-8-6(1)9;1-2-8-6-5(1)7-3-4-9-6;1-2-6-7-3-4-8-9(6)5-1;1-2-6-4-3-5-1;1-2-5-4-6-3-1;1-2-4-5-3-1/h1-4,6H,5H2;1-2,4-5H,3H2;1-6H;2*1-5H;2-4H,1H2;1-5H;2-4H,1H2;1-5H;2*1-4H;1,3-4H,2H2. The molecule has 26 heteroatoms. The highest BCUT2D eigenvalue weighted by Crippen LogP contribution is 2.23. The Morgan fingerprint density at radius 1 is 0.398 bits per heavy atom. The van der Waals surface area contributed by atoms with Gasteiger partial charge < -0.3 is 4.42 Å². The number of aromatic nitrogens is 19. The zero-order valence-electron chi connectivity index (χ0n) is 52.6. The van der Waals surface area contributed by atoms with Gasteiger partial charge in [-0.3, -0.25) is 39.3 Å². The molecule has 5 aliphatic heterocycles. The number of oxazole rings is 1. The van der Waals surface area contributed by atoms with E-state index in [0.29, 0.717) is 0 Å². The van der Waals surface area contributed by atoms with Crippen LogP contribution in [-0.2, 0) is 25.7 Å². The monoisotopic (exact) mass is 1310 g/mol. The molecule has 13 aromatic heterocycles. The third-order valence-corrected chi connectivity index (χ3v) is 13.9. The predicted octanol–water partition coefficient (Wildman–Crippen LogP) is 13.6. The fourth-order valence-electron chi connectivity index (χ4n) is 8.49. The number of hydrogen-bond donors (Lipinski definition) is 0. The average Bonchev–Trinajstić information content (AvgIpc) is 2.91. The van der Waals surface area contributed by atoms with Crippen molar-refractivity contribution in [3.05, 3.63) is 311 Å². The van der Waals surface area contributed by atoms with E-state index in [0.717, 1.165) is 105 Å². The van der Waals surface area contributed by atoms with Gasteiger partial charge in [-0.2, -0.15) is 10.2 Å². The normalized spacial score (nSPS) is 11.6. The molecule has 98 heavy (non-hydrogen) atoms. The fraction of sp³-hybridized carbons (Fsp3) is 0.0694. The lowest BCUT2D eigenvalue weighted by Crippen LogP contribution is -1.88. The van der Waals surface area contributed by atoms with Gasteiger partial charge in [0.2, 0.25) is 0 Å². The van der Waals surface area contributed by atoms with Crippen molar-refractivity contribution in [1.82, 2.24) is 93.4 Å². The minimum atomic E-state index is 0.775. The molecule has 0 fully saturated rings. The van der Waals surface area contributed by atoms with E-state index in [9.17, 15) is 0 Å². The molecule has 21 rings (SSSR count). The van der Waals surface area contributed by atoms with Crippen LogP contribution in [0.25, 0.3) is 38.1 Å². The molecule has 0 N–H and O–H groups in total. The molecule has 0 saturated heterocycles. The summed E-state index contributed by atoms with van der Waals surface area (Å²) in [6.45, 7) is 0. The first kappa shape index (κ1) is 67.4. The summed E-state index contributed by atoms with van der Waals surface area (Å²) in [5.74, 6) is 1.60. The number of rotatable bonds is 0. The summed E-state index contributed by atoms with van der Waals surface area (Å²) in [6, 6.07) is 43.3. The molecule has 0 saturated carbocycles. The maximum atomic E-state index is 5.01. The number of fused-ring (bicyclic) bond motifs is 9. The lowest BCUT2D eigenvalue weighted by Gasteiger charge is -1.91. The third-order valence-electron chi connectivity index (χ3n) is 13.1. The lowest BCUT2D eigenvalue weighted by atomic mass is 10.2. The molecule has 25 nitrogen and oxygen atoms in total. The van der Waals surface area contributed by atoms with Gasteiger partial charge in [0.05, 0.1) is 50.2 Å². The summed E-state index contributed by atoms with van der Waals surface area (Å²) >= 11 is 1.68. The second kappa shape index (κ2) is 39.1. The number of aliphatic imine (C=N–C) groups is 5. The molecule has 18 heterocycles. The number of thiazole rings is 1. The summed E-state index contributed by atoms with van der Waals surface area (Å²) in [7, 11) is 0. The Bertz CT molecular complexity index is 4250. The molecule has 3 aromatic carbocycles. The van der Waals surface area contributed by atoms with Crippen LogP contribution in [0.15, 0.2) is 318 Å². The van der Waals surface area contributed by atoms with Gasteiger partial charge >= 0.3 is 0 Å². The Labute approximate surface area is 566 Å². The molecule has 0 aliphatic carbocycles. The van der Waals surface area contributed by atoms with E-state index in [2.05, 4.69) is 117 Å². The Hall–Kier alpha value is -13.5. The van der Waals surface area contributed by atoms with Crippen LogP contribution >= 0.6 is 11.3 Å². The summed E-state index contributed by atoms with van der Waals surface area (Å²) in [5, 5.41) is 8.03. The van der Waals surface area contributed by atoms with E-state index < -0.39 is 0 Å². The second-order valence-electron chi connectivity index (χ2n) is 19.7. The molecule has 0 unspecified atom stereocenters. The van der Waals surface area contributed by atoms with Gasteiger partial charge in [-0.15, -0.1) is 11.3 Å². The molecule has 5 aliphatic rings. The molecule has 0 radical (unpaired) electrons. The predicted molar refractivity (Wildman–Crippen MR) is 383 cm³/mol. The van der Waals surface area contributed by atoms with Crippen molar-refractivity contribution in [2.24, 2.45) is 25.0 Å². The number of benzene rings is 3. The van der Waals surface area contributed by atoms with Gasteiger partial charge in [0, 0.05) is 180 Å². The first-order chi connectivity index (χ1) is 48.7. The maximum absolute atomic E-state index is 5.01. The zero-order chi connectivity index (χ0) is 67.0. The van der Waals surface area contributed by atoms with E-state index >= 15 is 0 Å². The highest BCUT2D eigenvalue weighted by molar-refractivity contribution is 7.16. The molecule has 0 amide bonds. The van der Waals surface area contributed by atoms with Gasteiger partial charge in [-0.1, -0.05) is 54.6 Å². The van der Waals surface area contributed by atoms with Gasteiger partial charge in [-0.25, -0.2) is 68.9 Å². The van der Waals surface area contributed by atoms with E-state index in [-0.39, 0.29) is 0 Å². The number of allylic oxidation sites excluding steroid dienone is 1. The summed E-state index contributed by atoms with van der Waals surface area (Å²) in [6.07, 6.45) is 55.2. The van der Waals surface area contributed by atoms with Crippen LogP contribution in [0.1, 0.15) is 28.9 Å². The number of para-hydroxylation sites is 4. The van der Waals surface area contributed by atoms with E-state index in [1.165, 1.54) is 29.3 Å². The quantitative estimate of drug-likeness (QED) is 0.136. The van der Waals surface area contributed by atoms with Crippen molar-refractivity contribution in [1.29, 1.82) is 0 Å². The highest BCUT2D eigenvalue weighted by Gasteiger charge is 2.07. The van der Waals surface area contributed by atoms with E-state index in [1.807, 2.05) is 185 Å². The van der Waals surface area contributed by atoms with Crippen LogP contribution in [0.2, 0.25) is 0 Å². The SMILES string of the molecule is C1=CN=CC1.C1=Nc2ccccc2C1.C1=Nc2cccnc2C1.C1=Nc2nccnc2C1.C1=Nc2ncncc2C1.c1cc2nccn2cn1.c1cc2nccnn2c1.c1ccc2ocnc2c1.c1ccc2scnc2c1.c1ccn2nccc2c1.c1cnccn1.c1cncnc1. The minimum absolute atomic E-state index is 0.775.